The third kappa shape index (κ3) is 2.16. The number of nitrogens with two attached hydrogens (primary N) is 1. The van der Waals surface area contributed by atoms with Crippen LogP contribution in [0.15, 0.2) is 30.5 Å². The van der Waals surface area contributed by atoms with Crippen molar-refractivity contribution in [1.82, 2.24) is 9.55 Å². The van der Waals surface area contributed by atoms with Gasteiger partial charge in [0.15, 0.2) is 0 Å². The van der Waals surface area contributed by atoms with E-state index in [2.05, 4.69) is 4.98 Å². The number of aryl methyl sites for hydroxylation is 1. The van der Waals surface area contributed by atoms with Crippen molar-refractivity contribution in [2.75, 3.05) is 12.8 Å². The minimum Gasteiger partial charge on any atom is -0.497 e. The smallest absolute Gasteiger partial charge is 0.141 e. The maximum Gasteiger partial charge on any atom is 0.141 e. The van der Waals surface area contributed by atoms with Gasteiger partial charge in [0.25, 0.3) is 0 Å². The molecule has 0 aliphatic rings. The van der Waals surface area contributed by atoms with Crippen LogP contribution in [0.5, 0.6) is 5.75 Å². The SMILES string of the molecule is COc1ccc(Cc2nc(N)cn2C)cc1. The van der Waals surface area contributed by atoms with Gasteiger partial charge >= 0.3 is 0 Å². The minimum atomic E-state index is 0.561. The lowest BCUT2D eigenvalue weighted by atomic mass is 10.1. The largest absolute Gasteiger partial charge is 0.497 e. The summed E-state index contributed by atoms with van der Waals surface area (Å²) in [6.45, 7) is 0. The van der Waals surface area contributed by atoms with Gasteiger partial charge in [0.05, 0.1) is 7.11 Å². The van der Waals surface area contributed by atoms with Crippen molar-refractivity contribution >= 4 is 5.82 Å². The normalized spacial score (nSPS) is 10.4. The lowest BCUT2D eigenvalue weighted by molar-refractivity contribution is 0.414. The van der Waals surface area contributed by atoms with E-state index in [-0.39, 0.29) is 0 Å². The molecule has 2 rings (SSSR count). The summed E-state index contributed by atoms with van der Waals surface area (Å²) in [5.41, 5.74) is 6.82. The second-order valence-corrected chi connectivity index (χ2v) is 3.72. The number of methoxy groups -OCH3 is 1. The number of ether oxygens (including phenoxy) is 1. The van der Waals surface area contributed by atoms with Crippen LogP contribution in [0.2, 0.25) is 0 Å². The highest BCUT2D eigenvalue weighted by Gasteiger charge is 2.04. The average Bonchev–Trinajstić information content (AvgIpc) is 2.59. The Kier molecular flexibility index (Phi) is 2.81. The average molecular weight is 217 g/mol. The number of anilines is 1. The van der Waals surface area contributed by atoms with Crippen LogP contribution >= 0.6 is 0 Å². The Hall–Kier alpha value is -1.97. The van der Waals surface area contributed by atoms with Crippen molar-refractivity contribution in [3.05, 3.63) is 41.9 Å². The lowest BCUT2D eigenvalue weighted by Crippen LogP contribution is -1.98. The molecule has 0 aliphatic heterocycles. The molecular weight excluding hydrogens is 202 g/mol. The second kappa shape index (κ2) is 4.26. The number of aromatic nitrogens is 2. The van der Waals surface area contributed by atoms with Crippen LogP contribution in [-0.2, 0) is 13.5 Å². The summed E-state index contributed by atoms with van der Waals surface area (Å²) < 4.78 is 7.05. The lowest BCUT2D eigenvalue weighted by Gasteiger charge is -2.03. The molecule has 16 heavy (non-hydrogen) atoms. The maximum atomic E-state index is 5.63. The highest BCUT2D eigenvalue weighted by Crippen LogP contribution is 2.14. The van der Waals surface area contributed by atoms with Crippen LogP contribution in [0.25, 0.3) is 0 Å². The van der Waals surface area contributed by atoms with Crippen molar-refractivity contribution < 1.29 is 4.74 Å². The molecule has 0 bridgehead atoms. The van der Waals surface area contributed by atoms with Crippen LogP contribution in [-0.4, -0.2) is 16.7 Å². The molecule has 0 aliphatic carbocycles. The number of rotatable bonds is 3. The molecule has 1 aromatic heterocycles. The van der Waals surface area contributed by atoms with Crippen LogP contribution < -0.4 is 10.5 Å². The van der Waals surface area contributed by atoms with E-state index >= 15 is 0 Å². The summed E-state index contributed by atoms with van der Waals surface area (Å²) in [6.07, 6.45) is 2.59. The van der Waals surface area contributed by atoms with Gasteiger partial charge in [-0.1, -0.05) is 12.1 Å². The summed E-state index contributed by atoms with van der Waals surface area (Å²) in [5, 5.41) is 0. The monoisotopic (exact) mass is 217 g/mol. The summed E-state index contributed by atoms with van der Waals surface area (Å²) >= 11 is 0. The van der Waals surface area contributed by atoms with Gasteiger partial charge in [0, 0.05) is 19.7 Å². The van der Waals surface area contributed by atoms with Gasteiger partial charge in [0.2, 0.25) is 0 Å². The van der Waals surface area contributed by atoms with E-state index in [1.165, 1.54) is 5.56 Å². The molecule has 0 unspecified atom stereocenters. The number of nitrogen functional groups attached to an aromatic ring is 1. The first-order chi connectivity index (χ1) is 7.69. The molecule has 0 amide bonds. The first-order valence-corrected chi connectivity index (χ1v) is 5.09. The number of hydrogen-bond acceptors (Lipinski definition) is 3. The van der Waals surface area contributed by atoms with E-state index in [1.807, 2.05) is 42.1 Å². The molecule has 0 fully saturated rings. The third-order valence-electron chi connectivity index (χ3n) is 2.51. The maximum absolute atomic E-state index is 5.63. The summed E-state index contributed by atoms with van der Waals surface area (Å²) in [6, 6.07) is 7.96. The van der Waals surface area contributed by atoms with Crippen LogP contribution in [0, 0.1) is 0 Å². The molecule has 2 N–H and O–H groups in total. The Morgan fingerprint density at radius 2 is 2.00 bits per heavy atom. The van der Waals surface area contributed by atoms with E-state index in [4.69, 9.17) is 10.5 Å². The Balaban J connectivity index is 2.17. The Labute approximate surface area is 94.7 Å². The minimum absolute atomic E-state index is 0.561. The molecule has 0 saturated heterocycles. The Morgan fingerprint density at radius 1 is 1.31 bits per heavy atom. The fourth-order valence-electron chi connectivity index (χ4n) is 1.62. The third-order valence-corrected chi connectivity index (χ3v) is 2.51. The van der Waals surface area contributed by atoms with Gasteiger partial charge in [-0.15, -0.1) is 0 Å². The van der Waals surface area contributed by atoms with Crippen LogP contribution in [0.3, 0.4) is 0 Å². The summed E-state index contributed by atoms with van der Waals surface area (Å²) in [7, 11) is 3.61. The second-order valence-electron chi connectivity index (χ2n) is 3.72. The van der Waals surface area contributed by atoms with Crippen molar-refractivity contribution in [1.29, 1.82) is 0 Å². The van der Waals surface area contributed by atoms with E-state index in [1.54, 1.807) is 7.11 Å². The highest BCUT2D eigenvalue weighted by atomic mass is 16.5. The molecule has 2 aromatic rings. The van der Waals surface area contributed by atoms with Crippen molar-refractivity contribution in [3.8, 4) is 5.75 Å². The van der Waals surface area contributed by atoms with Gasteiger partial charge in [-0.05, 0) is 17.7 Å². The van der Waals surface area contributed by atoms with Gasteiger partial charge in [-0.2, -0.15) is 0 Å². The predicted molar refractivity (Wildman–Crippen MR) is 63.4 cm³/mol. The Bertz CT molecular complexity index is 474. The van der Waals surface area contributed by atoms with E-state index in [0.29, 0.717) is 5.82 Å². The van der Waals surface area contributed by atoms with E-state index < -0.39 is 0 Å². The molecule has 0 radical (unpaired) electrons. The van der Waals surface area contributed by atoms with Crippen molar-refractivity contribution in [3.63, 3.8) is 0 Å². The first-order valence-electron chi connectivity index (χ1n) is 5.09. The number of hydrogen-bond donors (Lipinski definition) is 1. The quantitative estimate of drug-likeness (QED) is 0.849. The first kappa shape index (κ1) is 10.5. The van der Waals surface area contributed by atoms with Gasteiger partial charge in [-0.3, -0.25) is 0 Å². The van der Waals surface area contributed by atoms with Crippen LogP contribution in [0.4, 0.5) is 5.82 Å². The van der Waals surface area contributed by atoms with Crippen LogP contribution in [0.1, 0.15) is 11.4 Å². The van der Waals surface area contributed by atoms with E-state index in [9.17, 15) is 0 Å². The Morgan fingerprint density at radius 3 is 2.50 bits per heavy atom. The fourth-order valence-corrected chi connectivity index (χ4v) is 1.62. The zero-order chi connectivity index (χ0) is 11.5. The summed E-state index contributed by atoms with van der Waals surface area (Å²) in [5.74, 6) is 2.39. The number of imidazole rings is 1. The molecule has 0 spiro atoms. The topological polar surface area (TPSA) is 53.1 Å². The molecule has 4 heteroatoms. The standard InChI is InChI=1S/C12H15N3O/c1-15-8-11(13)14-12(15)7-9-3-5-10(16-2)6-4-9/h3-6,8H,7,13H2,1-2H3. The molecule has 1 aromatic carbocycles. The molecule has 0 saturated carbocycles. The molecule has 84 valence electrons. The zero-order valence-electron chi connectivity index (χ0n) is 9.47. The number of nitrogens with zero attached hydrogens (tertiary/aromatic N) is 2. The molecule has 1 heterocycles. The molecule has 4 nitrogen and oxygen atoms in total. The van der Waals surface area contributed by atoms with Crippen molar-refractivity contribution in [2.24, 2.45) is 7.05 Å². The summed E-state index contributed by atoms with van der Waals surface area (Å²) in [4.78, 5) is 4.26. The van der Waals surface area contributed by atoms with Gasteiger partial charge in [-0.25, -0.2) is 4.98 Å². The predicted octanol–water partition coefficient (Wildman–Crippen LogP) is 1.60. The molecule has 0 atom stereocenters. The van der Waals surface area contributed by atoms with Gasteiger partial charge < -0.3 is 15.0 Å². The number of benzene rings is 1. The van der Waals surface area contributed by atoms with Gasteiger partial charge in [0.1, 0.15) is 17.4 Å². The van der Waals surface area contributed by atoms with E-state index in [0.717, 1.165) is 18.0 Å². The highest BCUT2D eigenvalue weighted by molar-refractivity contribution is 5.31. The fraction of sp³-hybridized carbons (Fsp3) is 0.250. The molecular formula is C12H15N3O. The zero-order valence-corrected chi connectivity index (χ0v) is 9.47. The van der Waals surface area contributed by atoms with Crippen molar-refractivity contribution in [2.45, 2.75) is 6.42 Å².